The maximum Gasteiger partial charge on any atom is 0.170 e. The number of benzene rings is 1. The number of halogens is 2. The molecule has 0 fully saturated rings. The molecule has 0 saturated carbocycles. The smallest absolute Gasteiger partial charge is 0.170 e. The summed E-state index contributed by atoms with van der Waals surface area (Å²) in [6.45, 7) is 0. The van der Waals surface area contributed by atoms with E-state index in [2.05, 4.69) is 5.10 Å². The summed E-state index contributed by atoms with van der Waals surface area (Å²) in [5.41, 5.74) is 3.46. The van der Waals surface area contributed by atoms with Crippen molar-refractivity contribution in [1.82, 2.24) is 9.78 Å². The number of rotatable bonds is 2. The van der Waals surface area contributed by atoms with Gasteiger partial charge in [0.15, 0.2) is 6.29 Å². The highest BCUT2D eigenvalue weighted by Crippen LogP contribution is 2.30. The van der Waals surface area contributed by atoms with E-state index < -0.39 is 0 Å². The maximum absolute atomic E-state index is 11.1. The van der Waals surface area contributed by atoms with E-state index in [9.17, 15) is 4.79 Å². The zero-order valence-electron chi connectivity index (χ0n) is 10.2. The lowest BCUT2D eigenvalue weighted by Gasteiger charge is -2.14. The van der Waals surface area contributed by atoms with Gasteiger partial charge in [0.05, 0.1) is 10.7 Å². The van der Waals surface area contributed by atoms with Crippen molar-refractivity contribution < 1.29 is 4.79 Å². The number of carbonyl (C=O) groups is 1. The van der Waals surface area contributed by atoms with Gasteiger partial charge in [-0.3, -0.25) is 4.79 Å². The molecule has 1 aromatic carbocycles. The fraction of sp³-hybridized carbons (Fsp3) is 0.286. The molecule has 0 aliphatic heterocycles. The van der Waals surface area contributed by atoms with Crippen molar-refractivity contribution in [3.05, 3.63) is 45.2 Å². The Bertz CT molecular complexity index is 649. The van der Waals surface area contributed by atoms with Gasteiger partial charge in [0, 0.05) is 16.3 Å². The lowest BCUT2D eigenvalue weighted by molar-refractivity contribution is 0.111. The Hall–Kier alpha value is -1.32. The standard InChI is InChI=1S/C14H12Cl2N2O/c15-9-5-6-14(11(16)7-9)18-13-4-2-1-3-10(13)12(8-19)17-18/h5-8H,1-4H2. The Morgan fingerprint density at radius 2 is 2.00 bits per heavy atom. The molecule has 3 nitrogen and oxygen atoms in total. The SMILES string of the molecule is O=Cc1nn(-c2ccc(Cl)cc2Cl)c2c1CCCC2. The van der Waals surface area contributed by atoms with Crippen LogP contribution in [0.4, 0.5) is 0 Å². The lowest BCUT2D eigenvalue weighted by atomic mass is 9.96. The molecule has 3 rings (SSSR count). The van der Waals surface area contributed by atoms with E-state index in [1.165, 1.54) is 0 Å². The van der Waals surface area contributed by atoms with E-state index in [-0.39, 0.29) is 0 Å². The van der Waals surface area contributed by atoms with Crippen LogP contribution in [-0.2, 0) is 12.8 Å². The first kappa shape index (κ1) is 12.7. The first-order chi connectivity index (χ1) is 9.20. The summed E-state index contributed by atoms with van der Waals surface area (Å²) < 4.78 is 1.79. The average Bonchev–Trinajstić information content (AvgIpc) is 2.78. The molecule has 0 spiro atoms. The third-order valence-electron chi connectivity index (χ3n) is 3.46. The van der Waals surface area contributed by atoms with Crippen molar-refractivity contribution in [2.45, 2.75) is 25.7 Å². The number of carbonyl (C=O) groups excluding carboxylic acids is 1. The fourth-order valence-electron chi connectivity index (χ4n) is 2.57. The average molecular weight is 295 g/mol. The molecule has 1 heterocycles. The molecule has 0 atom stereocenters. The highest BCUT2D eigenvalue weighted by molar-refractivity contribution is 6.35. The van der Waals surface area contributed by atoms with Gasteiger partial charge in [-0.05, 0) is 43.9 Å². The largest absolute Gasteiger partial charge is 0.296 e. The van der Waals surface area contributed by atoms with E-state index in [4.69, 9.17) is 23.2 Å². The van der Waals surface area contributed by atoms with Gasteiger partial charge in [-0.25, -0.2) is 4.68 Å². The van der Waals surface area contributed by atoms with Crippen molar-refractivity contribution in [1.29, 1.82) is 0 Å². The Morgan fingerprint density at radius 1 is 1.21 bits per heavy atom. The van der Waals surface area contributed by atoms with Crippen molar-refractivity contribution >= 4 is 29.5 Å². The normalized spacial score (nSPS) is 14.2. The van der Waals surface area contributed by atoms with Crippen LogP contribution >= 0.6 is 23.2 Å². The van der Waals surface area contributed by atoms with E-state index >= 15 is 0 Å². The predicted octanol–water partition coefficient (Wildman–Crippen LogP) is 3.87. The van der Waals surface area contributed by atoms with E-state index in [1.54, 1.807) is 16.8 Å². The number of hydrogen-bond donors (Lipinski definition) is 0. The first-order valence-corrected chi connectivity index (χ1v) is 6.97. The van der Waals surface area contributed by atoms with Crippen molar-refractivity contribution in [2.24, 2.45) is 0 Å². The minimum atomic E-state index is 0.528. The van der Waals surface area contributed by atoms with Crippen molar-refractivity contribution in [2.75, 3.05) is 0 Å². The summed E-state index contributed by atoms with van der Waals surface area (Å²) in [5, 5.41) is 5.52. The fourth-order valence-corrected chi connectivity index (χ4v) is 3.06. The molecular weight excluding hydrogens is 283 g/mol. The monoisotopic (exact) mass is 294 g/mol. The summed E-state index contributed by atoms with van der Waals surface area (Å²) in [6, 6.07) is 5.30. The van der Waals surface area contributed by atoms with E-state index in [0.29, 0.717) is 15.7 Å². The number of hydrogen-bond acceptors (Lipinski definition) is 2. The predicted molar refractivity (Wildman–Crippen MR) is 75.6 cm³/mol. The molecule has 98 valence electrons. The van der Waals surface area contributed by atoms with Crippen LogP contribution in [0.5, 0.6) is 0 Å². The zero-order valence-corrected chi connectivity index (χ0v) is 11.7. The second kappa shape index (κ2) is 4.99. The molecular formula is C14H12Cl2N2O. The first-order valence-electron chi connectivity index (χ1n) is 6.22. The second-order valence-electron chi connectivity index (χ2n) is 4.64. The molecule has 1 aromatic heterocycles. The number of aldehydes is 1. The highest BCUT2D eigenvalue weighted by atomic mass is 35.5. The molecule has 0 bridgehead atoms. The minimum Gasteiger partial charge on any atom is -0.296 e. The van der Waals surface area contributed by atoms with Gasteiger partial charge in [0.2, 0.25) is 0 Å². The summed E-state index contributed by atoms with van der Waals surface area (Å²) in [6.07, 6.45) is 4.88. The molecule has 2 aromatic rings. The van der Waals surface area contributed by atoms with Gasteiger partial charge in [0.25, 0.3) is 0 Å². The number of aromatic nitrogens is 2. The summed E-state index contributed by atoms with van der Waals surface area (Å²) >= 11 is 12.1. The van der Waals surface area contributed by atoms with Gasteiger partial charge in [-0.2, -0.15) is 5.10 Å². The van der Waals surface area contributed by atoms with Gasteiger partial charge in [-0.15, -0.1) is 0 Å². The van der Waals surface area contributed by atoms with E-state index in [1.807, 2.05) is 6.07 Å². The quantitative estimate of drug-likeness (QED) is 0.788. The maximum atomic E-state index is 11.1. The molecule has 1 aliphatic carbocycles. The molecule has 19 heavy (non-hydrogen) atoms. The lowest BCUT2D eigenvalue weighted by Crippen LogP contribution is -2.08. The highest BCUT2D eigenvalue weighted by Gasteiger charge is 2.22. The number of fused-ring (bicyclic) bond motifs is 1. The molecule has 0 unspecified atom stereocenters. The van der Waals surface area contributed by atoms with Crippen LogP contribution in [0.3, 0.4) is 0 Å². The Morgan fingerprint density at radius 3 is 2.74 bits per heavy atom. The molecule has 1 aliphatic rings. The van der Waals surface area contributed by atoms with Crippen LogP contribution in [0.2, 0.25) is 10.0 Å². The molecule has 0 saturated heterocycles. The van der Waals surface area contributed by atoms with Crippen LogP contribution in [-0.4, -0.2) is 16.1 Å². The third-order valence-corrected chi connectivity index (χ3v) is 4.00. The Balaban J connectivity index is 2.19. The van der Waals surface area contributed by atoms with Gasteiger partial charge < -0.3 is 0 Å². The molecule has 0 radical (unpaired) electrons. The van der Waals surface area contributed by atoms with Crippen LogP contribution in [0.25, 0.3) is 5.69 Å². The van der Waals surface area contributed by atoms with Gasteiger partial charge in [0.1, 0.15) is 5.69 Å². The second-order valence-corrected chi connectivity index (χ2v) is 5.49. The van der Waals surface area contributed by atoms with Crippen LogP contribution in [0.15, 0.2) is 18.2 Å². The third kappa shape index (κ3) is 2.17. The van der Waals surface area contributed by atoms with Crippen molar-refractivity contribution in [3.8, 4) is 5.69 Å². The van der Waals surface area contributed by atoms with Crippen LogP contribution in [0, 0.1) is 0 Å². The molecule has 0 N–H and O–H groups in total. The van der Waals surface area contributed by atoms with Gasteiger partial charge >= 0.3 is 0 Å². The summed E-state index contributed by atoms with van der Waals surface area (Å²) in [7, 11) is 0. The molecule has 5 heteroatoms. The van der Waals surface area contributed by atoms with Crippen molar-refractivity contribution in [3.63, 3.8) is 0 Å². The van der Waals surface area contributed by atoms with E-state index in [0.717, 1.165) is 48.9 Å². The topological polar surface area (TPSA) is 34.9 Å². The summed E-state index contributed by atoms with van der Waals surface area (Å²) in [4.78, 5) is 11.1. The Kier molecular flexibility index (Phi) is 3.33. The molecule has 0 amide bonds. The Labute approximate surface area is 121 Å². The zero-order chi connectivity index (χ0) is 13.4. The van der Waals surface area contributed by atoms with Crippen LogP contribution in [0.1, 0.15) is 34.6 Å². The minimum absolute atomic E-state index is 0.528. The summed E-state index contributed by atoms with van der Waals surface area (Å²) in [5.74, 6) is 0. The number of nitrogens with zero attached hydrogens (tertiary/aromatic N) is 2. The van der Waals surface area contributed by atoms with Crippen LogP contribution < -0.4 is 0 Å². The van der Waals surface area contributed by atoms with Gasteiger partial charge in [-0.1, -0.05) is 23.2 Å².